The van der Waals surface area contributed by atoms with Gasteiger partial charge in [0.25, 0.3) is 0 Å². The van der Waals surface area contributed by atoms with Gasteiger partial charge in [-0.15, -0.1) is 11.6 Å². The van der Waals surface area contributed by atoms with Gasteiger partial charge in [0, 0.05) is 22.4 Å². The fraction of sp³-hybridized carbons (Fsp3) is 0.500. The van der Waals surface area contributed by atoms with Crippen LogP contribution in [-0.4, -0.2) is 17.2 Å². The van der Waals surface area contributed by atoms with Crippen molar-refractivity contribution in [1.29, 1.82) is 0 Å². The van der Waals surface area contributed by atoms with Crippen molar-refractivity contribution < 1.29 is 32.0 Å². The number of imide groups is 1. The smallest absolute Gasteiger partial charge is 0.245 e. The molecule has 0 aromatic carbocycles. The summed E-state index contributed by atoms with van der Waals surface area (Å²) in [6, 6.07) is 0. The van der Waals surface area contributed by atoms with Gasteiger partial charge in [-0.1, -0.05) is 0 Å². The Morgan fingerprint density at radius 1 is 1.56 bits per heavy atom. The van der Waals surface area contributed by atoms with Gasteiger partial charge in [-0.05, 0) is 0 Å². The van der Waals surface area contributed by atoms with Gasteiger partial charge in [0.2, 0.25) is 11.8 Å². The maximum absolute atomic E-state index is 10.3. The van der Waals surface area contributed by atoms with Crippen LogP contribution >= 0.6 is 11.6 Å². The Bertz CT molecular complexity index is 150. The predicted molar refractivity (Wildman–Crippen MR) is 27.4 cm³/mol. The number of carbonyl (C=O) groups excluding carboxylic acids is 2. The fourth-order valence-corrected chi connectivity index (χ4v) is 0.717. The molecular weight excluding hydrogens is 326 g/mol. The molecule has 1 radical (unpaired) electrons. The largest absolute Gasteiger partial charge is 0.295 e. The van der Waals surface area contributed by atoms with Gasteiger partial charge >= 0.3 is 0 Å². The maximum Gasteiger partial charge on any atom is 0.245 e. The number of rotatable bonds is 0. The first-order valence-corrected chi connectivity index (χ1v) is 2.61. The SMILES string of the molecule is O=C1CC(Cl)C(=O)N1.[Au]. The first-order valence-electron chi connectivity index (χ1n) is 2.18. The van der Waals surface area contributed by atoms with Crippen LogP contribution in [0.5, 0.6) is 0 Å². The average molecular weight is 331 g/mol. The Morgan fingerprint density at radius 2 is 2.11 bits per heavy atom. The zero-order valence-corrected chi connectivity index (χ0v) is 7.20. The van der Waals surface area contributed by atoms with Crippen molar-refractivity contribution in [2.45, 2.75) is 11.8 Å². The first kappa shape index (κ1) is 9.17. The minimum atomic E-state index is -0.637. The molecule has 1 N–H and O–H groups in total. The molecular formula is C4H4AuClNO2. The van der Waals surface area contributed by atoms with E-state index in [4.69, 9.17) is 11.6 Å². The van der Waals surface area contributed by atoms with Crippen molar-refractivity contribution >= 4 is 23.4 Å². The molecule has 1 fully saturated rings. The number of halogens is 1. The molecule has 2 amide bonds. The summed E-state index contributed by atoms with van der Waals surface area (Å²) in [6.07, 6.45) is 0.125. The summed E-state index contributed by atoms with van der Waals surface area (Å²) in [7, 11) is 0. The summed E-state index contributed by atoms with van der Waals surface area (Å²) in [5.41, 5.74) is 0. The number of carbonyl (C=O) groups is 2. The molecule has 1 rings (SSSR count). The Labute approximate surface area is 72.6 Å². The molecule has 55 valence electrons. The van der Waals surface area contributed by atoms with Crippen LogP contribution in [-0.2, 0) is 32.0 Å². The summed E-state index contributed by atoms with van der Waals surface area (Å²) in [5.74, 6) is -0.660. The molecule has 1 unspecified atom stereocenters. The quantitative estimate of drug-likeness (QED) is 0.374. The van der Waals surface area contributed by atoms with E-state index < -0.39 is 5.38 Å². The molecule has 1 heterocycles. The number of hydrogen-bond donors (Lipinski definition) is 1. The second-order valence-corrected chi connectivity index (χ2v) is 2.11. The van der Waals surface area contributed by atoms with Crippen LogP contribution in [0.15, 0.2) is 0 Å². The molecule has 0 aliphatic carbocycles. The van der Waals surface area contributed by atoms with Crippen LogP contribution < -0.4 is 5.32 Å². The van der Waals surface area contributed by atoms with E-state index in [0.717, 1.165) is 0 Å². The minimum Gasteiger partial charge on any atom is -0.295 e. The van der Waals surface area contributed by atoms with E-state index in [-0.39, 0.29) is 40.6 Å². The molecule has 1 aliphatic heterocycles. The van der Waals surface area contributed by atoms with Crippen LogP contribution in [0.4, 0.5) is 0 Å². The fourth-order valence-electron chi connectivity index (χ4n) is 0.522. The second-order valence-electron chi connectivity index (χ2n) is 1.58. The van der Waals surface area contributed by atoms with E-state index in [0.29, 0.717) is 0 Å². The van der Waals surface area contributed by atoms with Crippen LogP contribution in [0, 0.1) is 0 Å². The zero-order valence-electron chi connectivity index (χ0n) is 4.28. The van der Waals surface area contributed by atoms with Crippen molar-refractivity contribution in [2.75, 3.05) is 0 Å². The summed E-state index contributed by atoms with van der Waals surface area (Å²) in [5, 5.41) is 1.42. The van der Waals surface area contributed by atoms with Crippen molar-refractivity contribution in [1.82, 2.24) is 5.32 Å². The molecule has 0 saturated carbocycles. The van der Waals surface area contributed by atoms with Crippen molar-refractivity contribution in [2.24, 2.45) is 0 Å². The van der Waals surface area contributed by atoms with E-state index in [1.54, 1.807) is 0 Å². The Kier molecular flexibility index (Phi) is 3.43. The van der Waals surface area contributed by atoms with E-state index in [9.17, 15) is 9.59 Å². The number of amides is 2. The van der Waals surface area contributed by atoms with Crippen LogP contribution in [0.3, 0.4) is 0 Å². The molecule has 0 spiro atoms. The number of nitrogens with one attached hydrogen (secondary N) is 1. The molecule has 1 atom stereocenters. The van der Waals surface area contributed by atoms with Gasteiger partial charge in [-0.3, -0.25) is 14.9 Å². The van der Waals surface area contributed by atoms with Crippen molar-refractivity contribution in [3.63, 3.8) is 0 Å². The van der Waals surface area contributed by atoms with Crippen LogP contribution in [0.1, 0.15) is 6.42 Å². The van der Waals surface area contributed by atoms with E-state index in [1.807, 2.05) is 0 Å². The Balaban J connectivity index is 0.000000640. The number of alkyl halides is 1. The Hall–Kier alpha value is 0.170. The van der Waals surface area contributed by atoms with Crippen LogP contribution in [0.25, 0.3) is 0 Å². The first-order chi connectivity index (χ1) is 3.70. The monoisotopic (exact) mass is 330 g/mol. The summed E-state index contributed by atoms with van der Waals surface area (Å²) in [4.78, 5) is 20.6. The van der Waals surface area contributed by atoms with Gasteiger partial charge in [-0.2, -0.15) is 0 Å². The van der Waals surface area contributed by atoms with E-state index >= 15 is 0 Å². The van der Waals surface area contributed by atoms with Gasteiger partial charge in [0.05, 0.1) is 6.42 Å². The van der Waals surface area contributed by atoms with Crippen LogP contribution in [0.2, 0.25) is 0 Å². The maximum atomic E-state index is 10.3. The summed E-state index contributed by atoms with van der Waals surface area (Å²) >= 11 is 5.32. The van der Waals surface area contributed by atoms with Gasteiger partial charge in [0.1, 0.15) is 5.38 Å². The van der Waals surface area contributed by atoms with Gasteiger partial charge in [0.15, 0.2) is 0 Å². The molecule has 9 heavy (non-hydrogen) atoms. The van der Waals surface area contributed by atoms with Gasteiger partial charge in [-0.25, -0.2) is 0 Å². The van der Waals surface area contributed by atoms with E-state index in [2.05, 4.69) is 5.32 Å². The van der Waals surface area contributed by atoms with Crippen molar-refractivity contribution in [3.8, 4) is 0 Å². The molecule has 3 nitrogen and oxygen atoms in total. The minimum absolute atomic E-state index is 0. The van der Waals surface area contributed by atoms with Gasteiger partial charge < -0.3 is 0 Å². The predicted octanol–water partition coefficient (Wildman–Crippen LogP) is -0.362. The second kappa shape index (κ2) is 3.37. The zero-order chi connectivity index (χ0) is 6.15. The van der Waals surface area contributed by atoms with Crippen molar-refractivity contribution in [3.05, 3.63) is 0 Å². The average Bonchev–Trinajstić information content (AvgIpc) is 1.85. The third-order valence-corrected chi connectivity index (χ3v) is 1.26. The molecule has 1 saturated heterocycles. The molecule has 1 aliphatic rings. The molecule has 0 aromatic rings. The third kappa shape index (κ3) is 2.10. The van der Waals surface area contributed by atoms with E-state index in [1.165, 1.54) is 0 Å². The Morgan fingerprint density at radius 3 is 2.22 bits per heavy atom. The number of hydrogen-bond acceptors (Lipinski definition) is 2. The summed E-state index contributed by atoms with van der Waals surface area (Å²) in [6.45, 7) is 0. The molecule has 0 bridgehead atoms. The standard InChI is InChI=1S/C4H4ClNO2.Au/c5-2-1-3(7)6-4(2)8;/h2H,1H2,(H,6,7,8);. The topological polar surface area (TPSA) is 46.2 Å². The summed E-state index contributed by atoms with van der Waals surface area (Å²) < 4.78 is 0. The third-order valence-electron chi connectivity index (χ3n) is 0.912. The molecule has 5 heteroatoms. The normalized spacial score (nSPS) is 25.2. The molecule has 0 aromatic heterocycles.